The smallest absolute Gasteiger partial charge is 0.323 e. The van der Waals surface area contributed by atoms with Crippen LogP contribution in [0.25, 0.3) is 0 Å². The van der Waals surface area contributed by atoms with E-state index in [0.717, 1.165) is 32.4 Å². The summed E-state index contributed by atoms with van der Waals surface area (Å²) in [5.74, 6) is -0.129. The third-order valence-electron chi connectivity index (χ3n) is 3.41. The van der Waals surface area contributed by atoms with E-state index in [1.807, 2.05) is 25.1 Å². The Morgan fingerprint density at radius 2 is 2.00 bits per heavy atom. The van der Waals surface area contributed by atoms with Crippen LogP contribution in [0.3, 0.4) is 0 Å². The van der Waals surface area contributed by atoms with Crippen molar-refractivity contribution in [2.75, 3.05) is 31.6 Å². The lowest BCUT2D eigenvalue weighted by Crippen LogP contribution is -2.39. The fraction of sp³-hybridized carbons (Fsp3) is 0.588. The lowest BCUT2D eigenvalue weighted by Gasteiger charge is -2.21. The Kier molecular flexibility index (Phi) is 8.51. The Balaban J connectivity index is 2.29. The predicted molar refractivity (Wildman–Crippen MR) is 87.7 cm³/mol. The van der Waals surface area contributed by atoms with Crippen LogP contribution in [-0.4, -0.2) is 38.8 Å². The number of benzene rings is 1. The van der Waals surface area contributed by atoms with E-state index in [1.54, 1.807) is 0 Å². The fourth-order valence-corrected chi connectivity index (χ4v) is 2.24. The summed E-state index contributed by atoms with van der Waals surface area (Å²) in [6.45, 7) is 6.14. The van der Waals surface area contributed by atoms with Gasteiger partial charge in [0.05, 0.1) is 6.61 Å². The molecule has 4 nitrogen and oxygen atoms in total. The van der Waals surface area contributed by atoms with Gasteiger partial charge in [-0.05, 0) is 38.4 Å². The first-order valence-electron chi connectivity index (χ1n) is 7.85. The van der Waals surface area contributed by atoms with Gasteiger partial charge in [-0.25, -0.2) is 0 Å². The minimum absolute atomic E-state index is 0.129. The molecule has 0 saturated heterocycles. The molecule has 0 aliphatic heterocycles. The largest absolute Gasteiger partial charge is 0.465 e. The van der Waals surface area contributed by atoms with Crippen molar-refractivity contribution in [1.82, 2.24) is 5.32 Å². The van der Waals surface area contributed by atoms with Crippen molar-refractivity contribution in [2.24, 2.45) is 0 Å². The van der Waals surface area contributed by atoms with Crippen LogP contribution in [0.5, 0.6) is 0 Å². The summed E-state index contributed by atoms with van der Waals surface area (Å²) in [6.07, 6.45) is 2.79. The molecule has 0 aliphatic carbocycles. The first kappa shape index (κ1) is 17.5. The minimum Gasteiger partial charge on any atom is -0.465 e. The number of para-hydroxylation sites is 1. The van der Waals surface area contributed by atoms with Gasteiger partial charge < -0.3 is 15.0 Å². The van der Waals surface area contributed by atoms with Crippen LogP contribution in [0.15, 0.2) is 30.3 Å². The Hall–Kier alpha value is -1.55. The van der Waals surface area contributed by atoms with Crippen LogP contribution < -0.4 is 10.2 Å². The van der Waals surface area contributed by atoms with Crippen molar-refractivity contribution in [2.45, 2.75) is 39.2 Å². The van der Waals surface area contributed by atoms with Crippen LogP contribution >= 0.6 is 0 Å². The van der Waals surface area contributed by atoms with Gasteiger partial charge in [-0.3, -0.25) is 4.79 Å². The zero-order valence-corrected chi connectivity index (χ0v) is 13.5. The van der Waals surface area contributed by atoms with Crippen LogP contribution in [0.2, 0.25) is 0 Å². The Labute approximate surface area is 128 Å². The molecule has 0 saturated carbocycles. The number of hydrogen-bond donors (Lipinski definition) is 1. The zero-order valence-electron chi connectivity index (χ0n) is 13.5. The molecule has 4 heteroatoms. The second kappa shape index (κ2) is 10.2. The second-order valence-corrected chi connectivity index (χ2v) is 5.16. The summed E-state index contributed by atoms with van der Waals surface area (Å²) in [5.41, 5.74) is 1.22. The number of esters is 1. The topological polar surface area (TPSA) is 41.6 Å². The number of nitrogens with one attached hydrogen (secondary N) is 1. The first-order chi connectivity index (χ1) is 10.2. The van der Waals surface area contributed by atoms with E-state index in [4.69, 9.17) is 4.74 Å². The van der Waals surface area contributed by atoms with E-state index in [0.29, 0.717) is 6.61 Å². The van der Waals surface area contributed by atoms with Gasteiger partial charge in [0, 0.05) is 19.3 Å². The first-order valence-corrected chi connectivity index (χ1v) is 7.85. The van der Waals surface area contributed by atoms with Crippen molar-refractivity contribution in [1.29, 1.82) is 0 Å². The number of nitrogens with zero attached hydrogens (tertiary/aromatic N) is 1. The third-order valence-corrected chi connectivity index (χ3v) is 3.41. The minimum atomic E-state index is -0.169. The van der Waals surface area contributed by atoms with E-state index in [2.05, 4.69) is 36.3 Å². The number of ether oxygens (including phenoxy) is 1. The van der Waals surface area contributed by atoms with Gasteiger partial charge in [0.2, 0.25) is 0 Å². The molecule has 1 atom stereocenters. The van der Waals surface area contributed by atoms with Crippen LogP contribution in [-0.2, 0) is 9.53 Å². The fourth-order valence-electron chi connectivity index (χ4n) is 2.24. The van der Waals surface area contributed by atoms with Gasteiger partial charge in [-0.1, -0.05) is 31.5 Å². The average molecular weight is 292 g/mol. The summed E-state index contributed by atoms with van der Waals surface area (Å²) in [7, 11) is 2.09. The monoisotopic (exact) mass is 292 g/mol. The molecule has 0 bridgehead atoms. The second-order valence-electron chi connectivity index (χ2n) is 5.16. The van der Waals surface area contributed by atoms with Crippen molar-refractivity contribution in [3.8, 4) is 0 Å². The maximum Gasteiger partial charge on any atom is 0.323 e. The molecule has 0 radical (unpaired) electrons. The molecule has 0 amide bonds. The highest BCUT2D eigenvalue weighted by atomic mass is 16.5. The summed E-state index contributed by atoms with van der Waals surface area (Å²) in [6, 6.07) is 10.1. The Morgan fingerprint density at radius 3 is 2.62 bits per heavy atom. The van der Waals surface area contributed by atoms with Gasteiger partial charge >= 0.3 is 5.97 Å². The van der Waals surface area contributed by atoms with Gasteiger partial charge in [-0.2, -0.15) is 0 Å². The molecular weight excluding hydrogens is 264 g/mol. The predicted octanol–water partition coefficient (Wildman–Crippen LogP) is 2.83. The molecule has 1 rings (SSSR count). The molecule has 0 heterocycles. The zero-order chi connectivity index (χ0) is 15.5. The van der Waals surface area contributed by atoms with Crippen molar-refractivity contribution in [3.63, 3.8) is 0 Å². The molecule has 1 aromatic carbocycles. The molecule has 0 spiro atoms. The number of hydrogen-bond acceptors (Lipinski definition) is 4. The highest BCUT2D eigenvalue weighted by Gasteiger charge is 2.17. The van der Waals surface area contributed by atoms with Crippen molar-refractivity contribution in [3.05, 3.63) is 30.3 Å². The SMILES string of the molecule is CCCC(NCCCN(C)c1ccccc1)C(=O)OCC. The summed E-state index contributed by atoms with van der Waals surface area (Å²) < 4.78 is 5.09. The van der Waals surface area contributed by atoms with Gasteiger partial charge in [-0.15, -0.1) is 0 Å². The molecule has 1 N–H and O–H groups in total. The van der Waals surface area contributed by atoms with Crippen LogP contribution in [0.4, 0.5) is 5.69 Å². The number of carbonyl (C=O) groups is 1. The molecule has 1 unspecified atom stereocenters. The molecule has 118 valence electrons. The van der Waals surface area contributed by atoms with Crippen LogP contribution in [0, 0.1) is 0 Å². The molecule has 0 fully saturated rings. The van der Waals surface area contributed by atoms with E-state index in [9.17, 15) is 4.79 Å². The van der Waals surface area contributed by atoms with Gasteiger partial charge in [0.25, 0.3) is 0 Å². The van der Waals surface area contributed by atoms with E-state index < -0.39 is 0 Å². The van der Waals surface area contributed by atoms with Gasteiger partial charge in [0.1, 0.15) is 6.04 Å². The summed E-state index contributed by atoms with van der Waals surface area (Å²) in [4.78, 5) is 14.0. The van der Waals surface area contributed by atoms with Crippen molar-refractivity contribution < 1.29 is 9.53 Å². The molecule has 1 aromatic rings. The average Bonchev–Trinajstić information content (AvgIpc) is 2.51. The van der Waals surface area contributed by atoms with E-state index in [-0.39, 0.29) is 12.0 Å². The standard InChI is InChI=1S/C17H28N2O2/c1-4-10-16(17(20)21-5-2)18-13-9-14-19(3)15-11-7-6-8-12-15/h6-8,11-12,16,18H,4-5,9-10,13-14H2,1-3H3. The molecule has 0 aromatic heterocycles. The molecular formula is C17H28N2O2. The molecule has 21 heavy (non-hydrogen) atoms. The Bertz CT molecular complexity index is 395. The lowest BCUT2D eigenvalue weighted by atomic mass is 10.1. The summed E-state index contributed by atoms with van der Waals surface area (Å²) >= 11 is 0. The lowest BCUT2D eigenvalue weighted by molar-refractivity contribution is -0.145. The Morgan fingerprint density at radius 1 is 1.29 bits per heavy atom. The summed E-state index contributed by atoms with van der Waals surface area (Å²) in [5, 5.41) is 3.31. The maximum atomic E-state index is 11.8. The maximum absolute atomic E-state index is 11.8. The quantitative estimate of drug-likeness (QED) is 0.532. The van der Waals surface area contributed by atoms with Crippen molar-refractivity contribution >= 4 is 11.7 Å². The third kappa shape index (κ3) is 6.63. The number of carbonyl (C=O) groups excluding carboxylic acids is 1. The number of anilines is 1. The number of rotatable bonds is 10. The highest BCUT2D eigenvalue weighted by molar-refractivity contribution is 5.75. The normalized spacial score (nSPS) is 12.0. The highest BCUT2D eigenvalue weighted by Crippen LogP contribution is 2.10. The van der Waals surface area contributed by atoms with E-state index in [1.165, 1.54) is 5.69 Å². The molecule has 0 aliphatic rings. The van der Waals surface area contributed by atoms with E-state index >= 15 is 0 Å². The van der Waals surface area contributed by atoms with Crippen LogP contribution in [0.1, 0.15) is 33.1 Å². The van der Waals surface area contributed by atoms with Gasteiger partial charge in [0.15, 0.2) is 0 Å².